The third-order valence-electron chi connectivity index (χ3n) is 10.4. The maximum Gasteiger partial charge on any atom is 0.246 e. The number of rotatable bonds is 4. The van der Waals surface area contributed by atoms with Crippen LogP contribution in [0.3, 0.4) is 0 Å². The Hall–Kier alpha value is -3.96. The van der Waals surface area contributed by atoms with Crippen LogP contribution < -0.4 is 16.0 Å². The van der Waals surface area contributed by atoms with E-state index in [9.17, 15) is 28.8 Å². The lowest BCUT2D eigenvalue weighted by Crippen LogP contribution is -2.64. The summed E-state index contributed by atoms with van der Waals surface area (Å²) in [5, 5.41) is 8.66. The molecule has 1 aromatic carbocycles. The van der Waals surface area contributed by atoms with E-state index in [2.05, 4.69) is 16.0 Å². The molecule has 12 nitrogen and oxygen atoms in total. The molecule has 0 spiro atoms. The Morgan fingerprint density at radius 3 is 1.87 bits per heavy atom. The fourth-order valence-electron chi connectivity index (χ4n) is 7.45. The lowest BCUT2D eigenvalue weighted by molar-refractivity contribution is -0.155. The van der Waals surface area contributed by atoms with Crippen LogP contribution in [-0.2, 0) is 35.2 Å². The number of hydrogen-bond acceptors (Lipinski definition) is 6. The molecule has 0 saturated carbocycles. The molecule has 0 bridgehead atoms. The Kier molecular flexibility index (Phi) is 11.2. The Morgan fingerprint density at radius 2 is 1.21 bits per heavy atom. The number of fused-ring (bicyclic) bond motifs is 3. The molecule has 256 valence electrons. The van der Waals surface area contributed by atoms with Crippen LogP contribution in [0, 0.1) is 5.92 Å². The number of benzene rings is 1. The zero-order valence-corrected chi connectivity index (χ0v) is 27.9. The lowest BCUT2D eigenvalue weighted by Gasteiger charge is -2.43. The number of carbonyl (C=O) groups excluding carboxylic acids is 6. The molecule has 0 radical (unpaired) electrons. The van der Waals surface area contributed by atoms with Crippen molar-refractivity contribution in [1.82, 2.24) is 30.7 Å². The minimum Gasteiger partial charge on any atom is -0.343 e. The predicted octanol–water partition coefficient (Wildman–Crippen LogP) is 1.52. The molecule has 0 aromatic heterocycles. The number of nitrogens with one attached hydrogen (secondary N) is 3. The topological polar surface area (TPSA) is 148 Å². The number of hydrogen-bond donors (Lipinski definition) is 3. The molecule has 4 aliphatic rings. The second-order valence-corrected chi connectivity index (χ2v) is 13.6. The van der Waals surface area contributed by atoms with E-state index in [0.29, 0.717) is 51.7 Å². The molecule has 6 amide bonds. The first kappa shape index (κ1) is 34.4. The largest absolute Gasteiger partial charge is 0.343 e. The summed E-state index contributed by atoms with van der Waals surface area (Å²) in [4.78, 5) is 88.6. The zero-order chi connectivity index (χ0) is 33.7. The molecule has 4 saturated heterocycles. The molecule has 12 heteroatoms. The van der Waals surface area contributed by atoms with Gasteiger partial charge in [0, 0.05) is 26.1 Å². The second-order valence-electron chi connectivity index (χ2n) is 13.6. The van der Waals surface area contributed by atoms with Crippen molar-refractivity contribution >= 4 is 35.4 Å². The van der Waals surface area contributed by atoms with Crippen molar-refractivity contribution in [2.24, 2.45) is 5.92 Å². The monoisotopic (exact) mass is 650 g/mol. The Morgan fingerprint density at radius 1 is 0.660 bits per heavy atom. The van der Waals surface area contributed by atoms with E-state index < -0.39 is 54.0 Å². The van der Waals surface area contributed by atoms with Crippen molar-refractivity contribution in [3.05, 3.63) is 35.9 Å². The van der Waals surface area contributed by atoms with Crippen molar-refractivity contribution in [1.29, 1.82) is 0 Å². The SMILES string of the molecule is CC[C@H](C)[C@@H]1NC(=O)[C@@H](C)NC(=O)[C@@H]2CCCN2C(=O)[C@@H](Cc2ccccc2)NC(=O)[C@@H]2CCCCN2C(=O)[C@@H]2CCCCN2C1=O. The summed E-state index contributed by atoms with van der Waals surface area (Å²) >= 11 is 0. The van der Waals surface area contributed by atoms with Gasteiger partial charge < -0.3 is 30.7 Å². The second kappa shape index (κ2) is 15.3. The minimum absolute atomic E-state index is 0.220. The first-order valence-electron chi connectivity index (χ1n) is 17.5. The summed E-state index contributed by atoms with van der Waals surface area (Å²) in [6, 6.07) is 4.23. The average molecular weight is 651 g/mol. The van der Waals surface area contributed by atoms with Crippen LogP contribution in [0.25, 0.3) is 0 Å². The van der Waals surface area contributed by atoms with Crippen LogP contribution in [0.2, 0.25) is 0 Å². The van der Waals surface area contributed by atoms with Crippen LogP contribution in [0.5, 0.6) is 0 Å². The Bertz CT molecular complexity index is 1340. The number of amides is 6. The van der Waals surface area contributed by atoms with Crippen LogP contribution in [-0.4, -0.2) is 106 Å². The molecular weight excluding hydrogens is 600 g/mol. The maximum absolute atomic E-state index is 14.3. The fourth-order valence-corrected chi connectivity index (χ4v) is 7.45. The summed E-state index contributed by atoms with van der Waals surface area (Å²) in [5.41, 5.74) is 0.850. The zero-order valence-electron chi connectivity index (χ0n) is 27.9. The highest BCUT2D eigenvalue weighted by Gasteiger charge is 2.44. The van der Waals surface area contributed by atoms with Crippen molar-refractivity contribution in [2.75, 3.05) is 19.6 Å². The van der Waals surface area contributed by atoms with Gasteiger partial charge in [-0.15, -0.1) is 0 Å². The van der Waals surface area contributed by atoms with Gasteiger partial charge in [0.05, 0.1) is 0 Å². The van der Waals surface area contributed by atoms with Gasteiger partial charge >= 0.3 is 0 Å². The molecule has 3 N–H and O–H groups in total. The summed E-state index contributed by atoms with van der Waals surface area (Å²) in [6.07, 6.45) is 5.75. The average Bonchev–Trinajstić information content (AvgIpc) is 3.59. The highest BCUT2D eigenvalue weighted by molar-refractivity contribution is 5.98. The Labute approximate surface area is 277 Å². The van der Waals surface area contributed by atoms with Crippen molar-refractivity contribution in [3.63, 3.8) is 0 Å². The normalized spacial score (nSPS) is 30.7. The van der Waals surface area contributed by atoms with E-state index in [1.165, 1.54) is 4.90 Å². The molecule has 7 atom stereocenters. The Balaban J connectivity index is 1.53. The van der Waals surface area contributed by atoms with Gasteiger partial charge in [0.2, 0.25) is 35.4 Å². The first-order valence-corrected chi connectivity index (χ1v) is 17.5. The summed E-state index contributed by atoms with van der Waals surface area (Å²) < 4.78 is 0. The standard InChI is InChI=1S/C35H50N6O6/c1-4-22(2)29-35(47)41-19-11-9-16-28(41)34(46)40-18-10-8-15-26(40)32(44)37-25(21-24-13-6-5-7-14-24)33(45)39-20-12-17-27(39)31(43)36-23(3)30(42)38-29/h5-7,13-14,22-23,25-29H,4,8-12,15-21H2,1-3H3,(H,36,43)(H,37,44)(H,38,42)/t22-,23+,25+,26-,27-,28-,29-/m0/s1. The first-order chi connectivity index (χ1) is 22.6. The van der Waals surface area contributed by atoms with Crippen LogP contribution in [0.15, 0.2) is 30.3 Å². The van der Waals surface area contributed by atoms with Crippen LogP contribution in [0.4, 0.5) is 0 Å². The van der Waals surface area contributed by atoms with Crippen molar-refractivity contribution in [2.45, 2.75) is 121 Å². The summed E-state index contributed by atoms with van der Waals surface area (Å²) in [5.74, 6) is -2.53. The van der Waals surface area contributed by atoms with Gasteiger partial charge in [-0.05, 0) is 69.8 Å². The smallest absolute Gasteiger partial charge is 0.246 e. The van der Waals surface area contributed by atoms with Gasteiger partial charge in [0.25, 0.3) is 0 Å². The molecule has 5 rings (SSSR count). The van der Waals surface area contributed by atoms with Gasteiger partial charge in [-0.3, -0.25) is 28.8 Å². The number of piperidine rings is 2. The molecule has 0 aliphatic carbocycles. The predicted molar refractivity (Wildman–Crippen MR) is 175 cm³/mol. The van der Waals surface area contributed by atoms with Crippen molar-refractivity contribution in [3.8, 4) is 0 Å². The molecule has 4 aliphatic heterocycles. The molecule has 0 unspecified atom stereocenters. The van der Waals surface area contributed by atoms with E-state index in [-0.39, 0.29) is 30.1 Å². The quantitative estimate of drug-likeness (QED) is 0.450. The summed E-state index contributed by atoms with van der Waals surface area (Å²) in [7, 11) is 0. The molecule has 4 heterocycles. The summed E-state index contributed by atoms with van der Waals surface area (Å²) in [6.45, 7) is 6.48. The molecule has 4 fully saturated rings. The molecule has 1 aromatic rings. The lowest BCUT2D eigenvalue weighted by atomic mass is 9.92. The van der Waals surface area contributed by atoms with Crippen LogP contribution >= 0.6 is 0 Å². The van der Waals surface area contributed by atoms with Crippen LogP contribution in [0.1, 0.15) is 84.1 Å². The van der Waals surface area contributed by atoms with E-state index in [0.717, 1.165) is 31.2 Å². The van der Waals surface area contributed by atoms with Gasteiger partial charge in [0.15, 0.2) is 0 Å². The molecular formula is C35H50N6O6. The molecule has 47 heavy (non-hydrogen) atoms. The van der Waals surface area contributed by atoms with Gasteiger partial charge in [0.1, 0.15) is 36.3 Å². The highest BCUT2D eigenvalue weighted by Crippen LogP contribution is 2.27. The van der Waals surface area contributed by atoms with E-state index in [4.69, 9.17) is 0 Å². The van der Waals surface area contributed by atoms with Gasteiger partial charge in [-0.25, -0.2) is 0 Å². The third kappa shape index (κ3) is 7.62. The van der Waals surface area contributed by atoms with E-state index in [1.807, 2.05) is 44.2 Å². The number of nitrogens with zero attached hydrogens (tertiary/aromatic N) is 3. The van der Waals surface area contributed by atoms with Crippen molar-refractivity contribution < 1.29 is 28.8 Å². The third-order valence-corrected chi connectivity index (χ3v) is 10.4. The van der Waals surface area contributed by atoms with E-state index in [1.54, 1.807) is 16.7 Å². The van der Waals surface area contributed by atoms with Gasteiger partial charge in [-0.2, -0.15) is 0 Å². The minimum atomic E-state index is -0.967. The fraction of sp³-hybridized carbons (Fsp3) is 0.657. The highest BCUT2D eigenvalue weighted by atomic mass is 16.2. The van der Waals surface area contributed by atoms with Gasteiger partial charge in [-0.1, -0.05) is 50.6 Å². The van der Waals surface area contributed by atoms with E-state index >= 15 is 0 Å². The number of carbonyl (C=O) groups is 6. The maximum atomic E-state index is 14.3.